The summed E-state index contributed by atoms with van der Waals surface area (Å²) in [6.45, 7) is 5.62. The highest BCUT2D eigenvalue weighted by Crippen LogP contribution is 2.48. The first kappa shape index (κ1) is 11.6. The molecule has 0 spiro atoms. The van der Waals surface area contributed by atoms with Crippen LogP contribution in [-0.4, -0.2) is 22.4 Å². The lowest BCUT2D eigenvalue weighted by molar-refractivity contribution is 0.402. The Kier molecular flexibility index (Phi) is 3.33. The fraction of sp³-hybridized carbons (Fsp3) is 0.769. The number of hydrogen-bond acceptors (Lipinski definition) is 2. The summed E-state index contributed by atoms with van der Waals surface area (Å²) >= 11 is 0. The molecule has 0 amide bonds. The zero-order valence-electron chi connectivity index (χ0n) is 10.7. The van der Waals surface area contributed by atoms with Gasteiger partial charge in [-0.15, -0.1) is 0 Å². The van der Waals surface area contributed by atoms with Crippen LogP contribution in [0.15, 0.2) is 12.3 Å². The Morgan fingerprint density at radius 2 is 2.25 bits per heavy atom. The lowest BCUT2D eigenvalue weighted by atomic mass is 9.98. The number of hydrogen-bond donors (Lipinski definition) is 1. The third-order valence-corrected chi connectivity index (χ3v) is 3.68. The van der Waals surface area contributed by atoms with Crippen molar-refractivity contribution in [3.05, 3.63) is 18.0 Å². The summed E-state index contributed by atoms with van der Waals surface area (Å²) in [5, 5.41) is 7.78. The van der Waals surface area contributed by atoms with E-state index in [9.17, 15) is 0 Å². The van der Waals surface area contributed by atoms with Gasteiger partial charge in [0.15, 0.2) is 0 Å². The fourth-order valence-electron chi connectivity index (χ4n) is 2.15. The van der Waals surface area contributed by atoms with Gasteiger partial charge in [0.2, 0.25) is 0 Å². The quantitative estimate of drug-likeness (QED) is 0.797. The Hall–Kier alpha value is -0.830. The minimum absolute atomic E-state index is 0.592. The molecule has 1 N–H and O–H groups in total. The molecule has 2 rings (SSSR count). The molecule has 0 radical (unpaired) electrons. The maximum Gasteiger partial charge on any atom is 0.0492 e. The first-order valence-corrected chi connectivity index (χ1v) is 6.32. The van der Waals surface area contributed by atoms with Gasteiger partial charge < -0.3 is 5.32 Å². The normalized spacial score (nSPS) is 18.0. The number of rotatable bonds is 6. The summed E-state index contributed by atoms with van der Waals surface area (Å²) in [7, 11) is 2.03. The largest absolute Gasteiger partial charge is 0.314 e. The van der Waals surface area contributed by atoms with Gasteiger partial charge >= 0.3 is 0 Å². The van der Waals surface area contributed by atoms with Crippen molar-refractivity contribution in [1.82, 2.24) is 15.1 Å². The predicted octanol–water partition coefficient (Wildman–Crippen LogP) is 2.13. The van der Waals surface area contributed by atoms with Gasteiger partial charge in [-0.1, -0.05) is 13.8 Å². The highest BCUT2D eigenvalue weighted by Gasteiger charge is 2.41. The molecule has 0 saturated heterocycles. The molecule has 0 atom stereocenters. The molecular formula is C13H23N3. The van der Waals surface area contributed by atoms with E-state index in [1.54, 1.807) is 0 Å². The van der Waals surface area contributed by atoms with Crippen molar-refractivity contribution < 1.29 is 0 Å². The number of aromatic nitrogens is 2. The van der Waals surface area contributed by atoms with Crippen LogP contribution in [0.3, 0.4) is 0 Å². The zero-order chi connectivity index (χ0) is 11.6. The van der Waals surface area contributed by atoms with Gasteiger partial charge in [0.25, 0.3) is 0 Å². The molecule has 1 aliphatic carbocycles. The van der Waals surface area contributed by atoms with Crippen LogP contribution >= 0.6 is 0 Å². The van der Waals surface area contributed by atoms with Crippen molar-refractivity contribution in [3.63, 3.8) is 0 Å². The molecule has 1 aromatic rings. The minimum atomic E-state index is 0.592. The fourth-order valence-corrected chi connectivity index (χ4v) is 2.15. The molecule has 1 aliphatic rings. The molecule has 1 saturated carbocycles. The summed E-state index contributed by atoms with van der Waals surface area (Å²) in [4.78, 5) is 0. The predicted molar refractivity (Wildman–Crippen MR) is 66.3 cm³/mol. The van der Waals surface area contributed by atoms with Crippen molar-refractivity contribution >= 4 is 0 Å². The van der Waals surface area contributed by atoms with E-state index in [1.807, 2.05) is 17.9 Å². The summed E-state index contributed by atoms with van der Waals surface area (Å²) in [5.41, 5.74) is 1.95. The smallest absolute Gasteiger partial charge is 0.0492 e. The van der Waals surface area contributed by atoms with E-state index in [2.05, 4.69) is 30.3 Å². The Morgan fingerprint density at radius 1 is 1.50 bits per heavy atom. The van der Waals surface area contributed by atoms with Crippen molar-refractivity contribution in [3.8, 4) is 0 Å². The van der Waals surface area contributed by atoms with E-state index in [1.165, 1.54) is 31.5 Å². The van der Waals surface area contributed by atoms with E-state index in [0.29, 0.717) is 11.5 Å². The number of aryl methyl sites for hydroxylation is 2. The van der Waals surface area contributed by atoms with E-state index in [0.717, 1.165) is 6.42 Å². The van der Waals surface area contributed by atoms with Gasteiger partial charge in [0.05, 0.1) is 0 Å². The highest BCUT2D eigenvalue weighted by molar-refractivity contribution is 5.04. The molecular weight excluding hydrogens is 198 g/mol. The highest BCUT2D eigenvalue weighted by atomic mass is 15.2. The Morgan fingerprint density at radius 3 is 2.75 bits per heavy atom. The Labute approximate surface area is 98.2 Å². The topological polar surface area (TPSA) is 29.9 Å². The van der Waals surface area contributed by atoms with Crippen molar-refractivity contribution in [2.75, 3.05) is 6.54 Å². The second-order valence-electron chi connectivity index (χ2n) is 5.48. The molecule has 0 aromatic carbocycles. The summed E-state index contributed by atoms with van der Waals surface area (Å²) in [6.07, 6.45) is 7.14. The van der Waals surface area contributed by atoms with Crippen LogP contribution in [0.2, 0.25) is 0 Å². The Balaban J connectivity index is 1.79. The van der Waals surface area contributed by atoms with E-state index in [4.69, 9.17) is 0 Å². The molecule has 16 heavy (non-hydrogen) atoms. The molecule has 0 unspecified atom stereocenters. The number of nitrogens with zero attached hydrogens (tertiary/aromatic N) is 2. The second kappa shape index (κ2) is 4.58. The van der Waals surface area contributed by atoms with Crippen molar-refractivity contribution in [2.45, 2.75) is 45.6 Å². The average Bonchev–Trinajstić information content (AvgIpc) is 2.90. The molecule has 3 heteroatoms. The van der Waals surface area contributed by atoms with E-state index >= 15 is 0 Å². The molecule has 0 bridgehead atoms. The molecule has 90 valence electrons. The van der Waals surface area contributed by atoms with Gasteiger partial charge in [0.1, 0.15) is 0 Å². The van der Waals surface area contributed by atoms with Gasteiger partial charge in [-0.25, -0.2) is 0 Å². The van der Waals surface area contributed by atoms with E-state index < -0.39 is 0 Å². The van der Waals surface area contributed by atoms with Gasteiger partial charge in [-0.3, -0.25) is 4.68 Å². The van der Waals surface area contributed by atoms with Crippen LogP contribution in [0.25, 0.3) is 0 Å². The van der Waals surface area contributed by atoms with Crippen LogP contribution in [0.5, 0.6) is 0 Å². The lowest BCUT2D eigenvalue weighted by Gasteiger charge is -2.17. The molecule has 1 aromatic heterocycles. The van der Waals surface area contributed by atoms with Crippen LogP contribution in [0, 0.1) is 5.41 Å². The molecule has 1 fully saturated rings. The van der Waals surface area contributed by atoms with Gasteiger partial charge in [0, 0.05) is 31.5 Å². The van der Waals surface area contributed by atoms with Crippen molar-refractivity contribution in [1.29, 1.82) is 0 Å². The van der Waals surface area contributed by atoms with Crippen LogP contribution < -0.4 is 5.32 Å². The second-order valence-corrected chi connectivity index (χ2v) is 5.48. The lowest BCUT2D eigenvalue weighted by Crippen LogP contribution is -2.30. The standard InChI is InChI=1S/C13H23N3/c1-11(2)14-10-13(7-8-13)6-4-12-5-9-15-16(12)3/h5,9,11,14H,4,6-8,10H2,1-3H3. The molecule has 0 aliphatic heterocycles. The third-order valence-electron chi connectivity index (χ3n) is 3.68. The molecule has 1 heterocycles. The van der Waals surface area contributed by atoms with Gasteiger partial charge in [-0.05, 0) is 37.2 Å². The maximum atomic E-state index is 4.21. The SMILES string of the molecule is CC(C)NCC1(CCc2ccnn2C)CC1. The van der Waals surface area contributed by atoms with Gasteiger partial charge in [-0.2, -0.15) is 5.10 Å². The first-order chi connectivity index (χ1) is 7.61. The van der Waals surface area contributed by atoms with E-state index in [-0.39, 0.29) is 0 Å². The minimum Gasteiger partial charge on any atom is -0.314 e. The summed E-state index contributed by atoms with van der Waals surface area (Å²) in [6, 6.07) is 2.74. The van der Waals surface area contributed by atoms with Crippen LogP contribution in [0.1, 0.15) is 38.8 Å². The summed E-state index contributed by atoms with van der Waals surface area (Å²) in [5.74, 6) is 0. The number of nitrogens with one attached hydrogen (secondary N) is 1. The van der Waals surface area contributed by atoms with Crippen molar-refractivity contribution in [2.24, 2.45) is 12.5 Å². The average molecular weight is 221 g/mol. The molecule has 3 nitrogen and oxygen atoms in total. The first-order valence-electron chi connectivity index (χ1n) is 6.32. The summed E-state index contributed by atoms with van der Waals surface area (Å²) < 4.78 is 1.99. The maximum absolute atomic E-state index is 4.21. The van der Waals surface area contributed by atoms with Crippen LogP contribution in [0.4, 0.5) is 0 Å². The third kappa shape index (κ3) is 2.85. The monoisotopic (exact) mass is 221 g/mol. The Bertz CT molecular complexity index is 337. The van der Waals surface area contributed by atoms with Crippen LogP contribution in [-0.2, 0) is 13.5 Å². The zero-order valence-corrected chi connectivity index (χ0v) is 10.7.